The summed E-state index contributed by atoms with van der Waals surface area (Å²) in [7, 11) is -2.31. The highest BCUT2D eigenvalue weighted by atomic mass is 32.2. The molecule has 2 aromatic heterocycles. The molecule has 2 heterocycles. The van der Waals surface area contributed by atoms with Gasteiger partial charge in [0.05, 0.1) is 12.8 Å². The number of sulfonamides is 1. The van der Waals surface area contributed by atoms with Crippen LogP contribution in [-0.4, -0.2) is 24.9 Å². The fourth-order valence-corrected chi connectivity index (χ4v) is 2.87. The number of rotatable bonds is 4. The van der Waals surface area contributed by atoms with Gasteiger partial charge in [-0.2, -0.15) is 4.31 Å². The topological polar surface area (TPSA) is 103 Å². The predicted octanol–water partition coefficient (Wildman–Crippen LogP) is 0.979. The normalized spacial score (nSPS) is 12.2. The molecule has 0 radical (unpaired) electrons. The van der Waals surface area contributed by atoms with Crippen LogP contribution in [0.3, 0.4) is 0 Å². The van der Waals surface area contributed by atoms with E-state index in [0.717, 1.165) is 4.31 Å². The van der Waals surface area contributed by atoms with Gasteiger partial charge in [-0.15, -0.1) is 0 Å². The molecule has 0 aliphatic carbocycles. The number of nitrogen functional groups attached to an aromatic ring is 1. The lowest BCUT2D eigenvalue weighted by Gasteiger charge is -2.15. The summed E-state index contributed by atoms with van der Waals surface area (Å²) in [6.45, 7) is 1.61. The molecule has 0 bridgehead atoms. The summed E-state index contributed by atoms with van der Waals surface area (Å²) in [6, 6.07) is 3.38. The van der Waals surface area contributed by atoms with Gasteiger partial charge in [0, 0.05) is 7.05 Å². The van der Waals surface area contributed by atoms with E-state index in [1.807, 2.05) is 0 Å². The summed E-state index contributed by atoms with van der Waals surface area (Å²) in [5.41, 5.74) is 5.50. The van der Waals surface area contributed by atoms with Gasteiger partial charge in [-0.25, -0.2) is 8.42 Å². The molecule has 0 atom stereocenters. The van der Waals surface area contributed by atoms with Gasteiger partial charge in [-0.1, -0.05) is 5.16 Å². The number of furan rings is 1. The first-order valence-corrected chi connectivity index (χ1v) is 6.57. The van der Waals surface area contributed by atoms with E-state index in [4.69, 9.17) is 14.7 Å². The maximum atomic E-state index is 12.3. The third-order valence-corrected chi connectivity index (χ3v) is 4.42. The van der Waals surface area contributed by atoms with Crippen LogP contribution < -0.4 is 5.73 Å². The smallest absolute Gasteiger partial charge is 0.250 e. The van der Waals surface area contributed by atoms with Crippen LogP contribution in [0.4, 0.5) is 5.82 Å². The monoisotopic (exact) mass is 271 g/mol. The van der Waals surface area contributed by atoms with Crippen molar-refractivity contribution in [2.45, 2.75) is 18.4 Å². The van der Waals surface area contributed by atoms with Crippen LogP contribution >= 0.6 is 0 Å². The van der Waals surface area contributed by atoms with Crippen LogP contribution in [-0.2, 0) is 16.6 Å². The van der Waals surface area contributed by atoms with E-state index in [2.05, 4.69) is 5.16 Å². The van der Waals surface area contributed by atoms with Crippen LogP contribution in [0.1, 0.15) is 11.5 Å². The number of aromatic nitrogens is 1. The third kappa shape index (κ3) is 2.12. The fraction of sp³-hybridized carbons (Fsp3) is 0.300. The molecule has 2 rings (SSSR count). The lowest BCUT2D eigenvalue weighted by molar-refractivity contribution is 0.391. The van der Waals surface area contributed by atoms with Crippen molar-refractivity contribution in [3.63, 3.8) is 0 Å². The highest BCUT2D eigenvalue weighted by Crippen LogP contribution is 2.25. The summed E-state index contributed by atoms with van der Waals surface area (Å²) in [5.74, 6) is 0.561. The number of anilines is 1. The van der Waals surface area contributed by atoms with Crippen molar-refractivity contribution >= 4 is 15.8 Å². The molecule has 0 saturated carbocycles. The van der Waals surface area contributed by atoms with Crippen molar-refractivity contribution in [3.05, 3.63) is 29.9 Å². The largest absolute Gasteiger partial charge is 0.468 e. The van der Waals surface area contributed by atoms with E-state index < -0.39 is 10.0 Å². The highest BCUT2D eigenvalue weighted by molar-refractivity contribution is 7.89. The first-order valence-electron chi connectivity index (χ1n) is 5.13. The number of nitrogens with two attached hydrogens (primary N) is 1. The summed E-state index contributed by atoms with van der Waals surface area (Å²) < 4.78 is 35.5. The molecule has 0 fully saturated rings. The van der Waals surface area contributed by atoms with Gasteiger partial charge in [0.1, 0.15) is 5.76 Å². The van der Waals surface area contributed by atoms with E-state index in [0.29, 0.717) is 5.76 Å². The van der Waals surface area contributed by atoms with E-state index in [1.165, 1.54) is 20.2 Å². The predicted molar refractivity (Wildman–Crippen MR) is 63.0 cm³/mol. The van der Waals surface area contributed by atoms with Crippen LogP contribution in [0, 0.1) is 6.92 Å². The van der Waals surface area contributed by atoms with Gasteiger partial charge in [0.2, 0.25) is 0 Å². The van der Waals surface area contributed by atoms with Crippen molar-refractivity contribution < 1.29 is 17.4 Å². The lowest BCUT2D eigenvalue weighted by atomic mass is 10.4. The SMILES string of the molecule is Cc1onc(N)c1S(=O)(=O)N(C)Cc1ccco1. The molecule has 0 aliphatic heterocycles. The molecular weight excluding hydrogens is 258 g/mol. The van der Waals surface area contributed by atoms with Gasteiger partial charge in [0.15, 0.2) is 16.5 Å². The Morgan fingerprint density at radius 1 is 1.50 bits per heavy atom. The van der Waals surface area contributed by atoms with Crippen molar-refractivity contribution in [1.29, 1.82) is 0 Å². The van der Waals surface area contributed by atoms with Gasteiger partial charge >= 0.3 is 0 Å². The van der Waals surface area contributed by atoms with Gasteiger partial charge in [0.25, 0.3) is 10.0 Å². The Balaban J connectivity index is 2.32. The lowest BCUT2D eigenvalue weighted by Crippen LogP contribution is -2.27. The van der Waals surface area contributed by atoms with Crippen molar-refractivity contribution in [1.82, 2.24) is 9.46 Å². The van der Waals surface area contributed by atoms with E-state index in [-0.39, 0.29) is 23.0 Å². The molecule has 2 N–H and O–H groups in total. The first-order chi connectivity index (χ1) is 8.43. The summed E-state index contributed by atoms with van der Waals surface area (Å²) in [6.07, 6.45) is 1.48. The first kappa shape index (κ1) is 12.7. The third-order valence-electron chi connectivity index (χ3n) is 2.46. The van der Waals surface area contributed by atoms with E-state index in [9.17, 15) is 8.42 Å². The van der Waals surface area contributed by atoms with E-state index in [1.54, 1.807) is 12.1 Å². The van der Waals surface area contributed by atoms with Crippen LogP contribution in [0.15, 0.2) is 32.2 Å². The Morgan fingerprint density at radius 2 is 2.22 bits per heavy atom. The van der Waals surface area contributed by atoms with Crippen LogP contribution in [0.2, 0.25) is 0 Å². The number of aryl methyl sites for hydroxylation is 1. The maximum Gasteiger partial charge on any atom is 0.250 e. The maximum absolute atomic E-state index is 12.3. The molecule has 98 valence electrons. The van der Waals surface area contributed by atoms with Crippen molar-refractivity contribution in [2.24, 2.45) is 0 Å². The van der Waals surface area contributed by atoms with Crippen molar-refractivity contribution in [3.8, 4) is 0 Å². The van der Waals surface area contributed by atoms with Crippen LogP contribution in [0.5, 0.6) is 0 Å². The molecule has 2 aromatic rings. The molecule has 0 amide bonds. The molecule has 8 heteroatoms. The Bertz CT molecular complexity index is 611. The number of nitrogens with zero attached hydrogens (tertiary/aromatic N) is 2. The minimum Gasteiger partial charge on any atom is -0.468 e. The Kier molecular flexibility index (Phi) is 3.14. The molecule has 0 unspecified atom stereocenters. The number of hydrogen-bond acceptors (Lipinski definition) is 6. The molecular formula is C10H13N3O4S. The molecule has 7 nitrogen and oxygen atoms in total. The molecule has 0 aliphatic rings. The summed E-state index contributed by atoms with van der Waals surface area (Å²) in [5, 5.41) is 3.44. The molecule has 0 saturated heterocycles. The zero-order valence-electron chi connectivity index (χ0n) is 9.95. The van der Waals surface area contributed by atoms with Gasteiger partial charge < -0.3 is 14.7 Å². The average Bonchev–Trinajstić information content (AvgIpc) is 2.89. The second kappa shape index (κ2) is 4.46. The zero-order chi connectivity index (χ0) is 13.3. The summed E-state index contributed by atoms with van der Waals surface area (Å²) >= 11 is 0. The van der Waals surface area contributed by atoms with Gasteiger partial charge in [-0.3, -0.25) is 0 Å². The fourth-order valence-electron chi connectivity index (χ4n) is 1.56. The minimum absolute atomic E-state index is 0.100. The second-order valence-electron chi connectivity index (χ2n) is 3.79. The van der Waals surface area contributed by atoms with E-state index >= 15 is 0 Å². The van der Waals surface area contributed by atoms with Crippen LogP contribution in [0.25, 0.3) is 0 Å². The van der Waals surface area contributed by atoms with Crippen molar-refractivity contribution in [2.75, 3.05) is 12.8 Å². The minimum atomic E-state index is -3.74. The summed E-state index contributed by atoms with van der Waals surface area (Å²) in [4.78, 5) is -0.100. The molecule has 0 spiro atoms. The Hall–Kier alpha value is -1.80. The Labute approximate surface area is 104 Å². The second-order valence-corrected chi connectivity index (χ2v) is 5.78. The molecule has 18 heavy (non-hydrogen) atoms. The standard InChI is InChI=1S/C10H13N3O4S/c1-7-9(10(11)12-17-7)18(14,15)13(2)6-8-4-3-5-16-8/h3-5H,6H2,1-2H3,(H2,11,12). The zero-order valence-corrected chi connectivity index (χ0v) is 10.8. The molecule has 0 aromatic carbocycles. The highest BCUT2D eigenvalue weighted by Gasteiger charge is 2.29. The number of hydrogen-bond donors (Lipinski definition) is 1. The average molecular weight is 271 g/mol. The van der Waals surface area contributed by atoms with Gasteiger partial charge in [-0.05, 0) is 19.1 Å². The Morgan fingerprint density at radius 3 is 2.72 bits per heavy atom. The quantitative estimate of drug-likeness (QED) is 0.889.